The molecule has 0 radical (unpaired) electrons. The summed E-state index contributed by atoms with van der Waals surface area (Å²) in [6, 6.07) is 11.7. The topological polar surface area (TPSA) is 66.5 Å². The Hall–Kier alpha value is -0.970. The fourth-order valence-corrected chi connectivity index (χ4v) is 5.58. The Kier molecular flexibility index (Phi) is 6.60. The van der Waals surface area contributed by atoms with Gasteiger partial charge in [-0.15, -0.1) is 0 Å². The first-order valence-corrected chi connectivity index (χ1v) is 12.0. The minimum atomic E-state index is -3.50. The molecule has 2 aromatic carbocycles. The first kappa shape index (κ1) is 20.8. The summed E-state index contributed by atoms with van der Waals surface area (Å²) in [4.78, 5) is 12.7. The fourth-order valence-electron chi connectivity index (χ4n) is 3.12. The number of sulfonamides is 1. The van der Waals surface area contributed by atoms with Gasteiger partial charge >= 0.3 is 0 Å². The second-order valence-electron chi connectivity index (χ2n) is 6.57. The summed E-state index contributed by atoms with van der Waals surface area (Å²) in [5, 5.41) is 2.81. The molecule has 2 aromatic rings. The number of rotatable bonds is 4. The molecule has 8 heteroatoms. The average Bonchev–Trinajstić information content (AvgIpc) is 2.64. The lowest BCUT2D eigenvalue weighted by molar-refractivity contribution is 0.102. The van der Waals surface area contributed by atoms with Crippen LogP contribution in [0.4, 0.5) is 5.69 Å². The number of halogens is 2. The van der Waals surface area contributed by atoms with E-state index in [2.05, 4.69) is 43.8 Å². The molecule has 1 heterocycles. The van der Waals surface area contributed by atoms with Gasteiger partial charge in [-0.05, 0) is 101 Å². The van der Waals surface area contributed by atoms with Crippen molar-refractivity contribution in [3.8, 4) is 0 Å². The number of carbonyl (C=O) groups excluding carboxylic acids is 1. The molecule has 1 aliphatic rings. The van der Waals surface area contributed by atoms with Crippen molar-refractivity contribution in [1.29, 1.82) is 0 Å². The van der Waals surface area contributed by atoms with Gasteiger partial charge in [0.2, 0.25) is 10.0 Å². The Labute approximate surface area is 181 Å². The van der Waals surface area contributed by atoms with Crippen LogP contribution < -0.4 is 5.32 Å². The Bertz CT molecular complexity index is 948. The molecule has 1 N–H and O–H groups in total. The lowest BCUT2D eigenvalue weighted by Crippen LogP contribution is -2.41. The van der Waals surface area contributed by atoms with Gasteiger partial charge in [0, 0.05) is 31.9 Å². The quantitative estimate of drug-likeness (QED) is 0.541. The smallest absolute Gasteiger partial charge is 0.255 e. The molecule has 1 amide bonds. The van der Waals surface area contributed by atoms with Crippen LogP contribution in [0.1, 0.15) is 36.5 Å². The summed E-state index contributed by atoms with van der Waals surface area (Å²) in [5.74, 6) is -0.235. The molecule has 1 saturated heterocycles. The summed E-state index contributed by atoms with van der Waals surface area (Å²) in [6.07, 6.45) is 2.84. The Balaban J connectivity index is 1.75. The second kappa shape index (κ2) is 8.59. The third kappa shape index (κ3) is 4.72. The van der Waals surface area contributed by atoms with Crippen molar-refractivity contribution in [2.45, 2.75) is 37.1 Å². The molecular weight excluding hydrogens is 543 g/mol. The molecule has 0 saturated carbocycles. The van der Waals surface area contributed by atoms with Crippen LogP contribution in [-0.4, -0.2) is 31.2 Å². The lowest BCUT2D eigenvalue weighted by Gasteiger charge is -2.32. The van der Waals surface area contributed by atoms with E-state index in [0.717, 1.165) is 27.3 Å². The zero-order chi connectivity index (χ0) is 19.6. The van der Waals surface area contributed by atoms with E-state index in [1.807, 2.05) is 13.0 Å². The minimum absolute atomic E-state index is 0.0167. The van der Waals surface area contributed by atoms with Crippen molar-refractivity contribution in [1.82, 2.24) is 4.31 Å². The second-order valence-corrected chi connectivity index (χ2v) is 10.5. The standard InChI is InChI=1S/C19H20BrIN2O3S/c1-13-4-2-3-11-23(13)27(25,26)16-8-6-15(7-9-16)22-19(24)14-5-10-17(20)18(21)12-14/h5-10,12-13H,2-4,11H2,1H3,(H,22,24). The van der Waals surface area contributed by atoms with Gasteiger partial charge in [0.15, 0.2) is 0 Å². The van der Waals surface area contributed by atoms with Crippen LogP contribution in [0.3, 0.4) is 0 Å². The van der Waals surface area contributed by atoms with E-state index in [-0.39, 0.29) is 16.8 Å². The van der Waals surface area contributed by atoms with Crippen LogP contribution in [0, 0.1) is 3.57 Å². The van der Waals surface area contributed by atoms with Gasteiger partial charge in [-0.3, -0.25) is 4.79 Å². The molecule has 1 fully saturated rings. The molecule has 1 aliphatic heterocycles. The zero-order valence-corrected chi connectivity index (χ0v) is 19.3. The van der Waals surface area contributed by atoms with E-state index < -0.39 is 10.0 Å². The summed E-state index contributed by atoms with van der Waals surface area (Å²) < 4.78 is 29.2. The predicted octanol–water partition coefficient (Wildman–Crippen LogP) is 4.87. The number of hydrogen-bond acceptors (Lipinski definition) is 3. The normalized spacial score (nSPS) is 18.3. The van der Waals surface area contributed by atoms with Crippen molar-refractivity contribution in [2.24, 2.45) is 0 Å². The van der Waals surface area contributed by atoms with Crippen molar-refractivity contribution in [2.75, 3.05) is 11.9 Å². The molecule has 0 aliphatic carbocycles. The lowest BCUT2D eigenvalue weighted by atomic mass is 10.1. The van der Waals surface area contributed by atoms with Gasteiger partial charge in [-0.25, -0.2) is 8.42 Å². The van der Waals surface area contributed by atoms with Crippen LogP contribution in [0.25, 0.3) is 0 Å². The first-order chi connectivity index (χ1) is 12.8. The van der Waals surface area contributed by atoms with Gasteiger partial charge in [0.25, 0.3) is 5.91 Å². The maximum Gasteiger partial charge on any atom is 0.255 e. The van der Waals surface area contributed by atoms with E-state index >= 15 is 0 Å². The number of anilines is 1. The molecule has 144 valence electrons. The van der Waals surface area contributed by atoms with E-state index in [9.17, 15) is 13.2 Å². The van der Waals surface area contributed by atoms with Gasteiger partial charge in [-0.1, -0.05) is 6.42 Å². The first-order valence-electron chi connectivity index (χ1n) is 8.67. The van der Waals surface area contributed by atoms with Gasteiger partial charge in [0.05, 0.1) is 4.90 Å². The number of piperidine rings is 1. The molecule has 27 heavy (non-hydrogen) atoms. The summed E-state index contributed by atoms with van der Waals surface area (Å²) >= 11 is 5.56. The number of benzene rings is 2. The molecule has 0 spiro atoms. The van der Waals surface area contributed by atoms with E-state index in [1.165, 1.54) is 0 Å². The highest BCUT2D eigenvalue weighted by Crippen LogP contribution is 2.26. The third-order valence-electron chi connectivity index (χ3n) is 4.64. The van der Waals surface area contributed by atoms with Crippen LogP contribution >= 0.6 is 38.5 Å². The number of amides is 1. The molecule has 3 rings (SSSR count). The van der Waals surface area contributed by atoms with Crippen molar-refractivity contribution >= 4 is 60.1 Å². The maximum atomic E-state index is 12.9. The monoisotopic (exact) mass is 562 g/mol. The van der Waals surface area contributed by atoms with Gasteiger partial charge < -0.3 is 5.32 Å². The molecule has 1 unspecified atom stereocenters. The number of nitrogens with zero attached hydrogens (tertiary/aromatic N) is 1. The van der Waals surface area contributed by atoms with Crippen molar-refractivity contribution in [3.05, 3.63) is 56.1 Å². The highest BCUT2D eigenvalue weighted by Gasteiger charge is 2.30. The Morgan fingerprint density at radius 3 is 2.52 bits per heavy atom. The largest absolute Gasteiger partial charge is 0.322 e. The van der Waals surface area contributed by atoms with Crippen LogP contribution in [-0.2, 0) is 10.0 Å². The summed E-state index contributed by atoms with van der Waals surface area (Å²) in [7, 11) is -3.50. The Morgan fingerprint density at radius 1 is 1.19 bits per heavy atom. The van der Waals surface area contributed by atoms with E-state index in [0.29, 0.717) is 17.8 Å². The summed E-state index contributed by atoms with van der Waals surface area (Å²) in [6.45, 7) is 2.51. The molecule has 0 bridgehead atoms. The minimum Gasteiger partial charge on any atom is -0.322 e. The van der Waals surface area contributed by atoms with Gasteiger partial charge in [-0.2, -0.15) is 4.31 Å². The van der Waals surface area contributed by atoms with Crippen molar-refractivity contribution in [3.63, 3.8) is 0 Å². The predicted molar refractivity (Wildman–Crippen MR) is 118 cm³/mol. The SMILES string of the molecule is CC1CCCCN1S(=O)(=O)c1ccc(NC(=O)c2ccc(Br)c(I)c2)cc1. The molecule has 5 nitrogen and oxygen atoms in total. The molecule has 1 atom stereocenters. The fraction of sp³-hybridized carbons (Fsp3) is 0.316. The molecule has 0 aromatic heterocycles. The number of carbonyl (C=O) groups is 1. The summed E-state index contributed by atoms with van der Waals surface area (Å²) in [5.41, 5.74) is 1.10. The highest BCUT2D eigenvalue weighted by atomic mass is 127. The van der Waals surface area contributed by atoms with E-state index in [1.54, 1.807) is 40.7 Å². The maximum absolute atomic E-state index is 12.9. The highest BCUT2D eigenvalue weighted by molar-refractivity contribution is 14.1. The number of hydrogen-bond donors (Lipinski definition) is 1. The third-order valence-corrected chi connectivity index (χ3v) is 9.00. The Morgan fingerprint density at radius 2 is 1.89 bits per heavy atom. The number of nitrogens with one attached hydrogen (secondary N) is 1. The van der Waals surface area contributed by atoms with Gasteiger partial charge in [0.1, 0.15) is 0 Å². The zero-order valence-electron chi connectivity index (χ0n) is 14.8. The van der Waals surface area contributed by atoms with E-state index in [4.69, 9.17) is 0 Å². The molecular formula is C19H20BrIN2O3S. The van der Waals surface area contributed by atoms with Crippen molar-refractivity contribution < 1.29 is 13.2 Å². The van der Waals surface area contributed by atoms with Crippen LogP contribution in [0.15, 0.2) is 51.8 Å². The van der Waals surface area contributed by atoms with Crippen LogP contribution in [0.5, 0.6) is 0 Å². The average molecular weight is 563 g/mol. The van der Waals surface area contributed by atoms with Crippen LogP contribution in [0.2, 0.25) is 0 Å².